The fourth-order valence-electron chi connectivity index (χ4n) is 1.41. The fraction of sp³-hybridized carbons (Fsp3) is 0.333. The lowest BCUT2D eigenvalue weighted by atomic mass is 10.4. The van der Waals surface area contributed by atoms with Gasteiger partial charge in [-0.15, -0.1) is 0 Å². The van der Waals surface area contributed by atoms with E-state index < -0.39 is 78.9 Å². The third-order valence-electron chi connectivity index (χ3n) is 2.70. The minimum atomic E-state index is -6.70. The van der Waals surface area contributed by atoms with E-state index in [9.17, 15) is 64.8 Å². The zero-order chi connectivity index (χ0) is 21.9. The largest absolute Gasteiger partial charge is 0.501 e. The number of alkyl halides is 9. The summed E-state index contributed by atoms with van der Waals surface area (Å²) in [4.78, 5) is -7.32. The van der Waals surface area contributed by atoms with E-state index in [4.69, 9.17) is 0 Å². The van der Waals surface area contributed by atoms with Crippen molar-refractivity contribution >= 4 is 29.5 Å². The van der Waals surface area contributed by atoms with E-state index in [1.54, 1.807) is 0 Å². The van der Waals surface area contributed by atoms with Crippen molar-refractivity contribution in [2.75, 3.05) is 0 Å². The Labute approximate surface area is 144 Å². The van der Waals surface area contributed by atoms with Crippen molar-refractivity contribution in [1.29, 1.82) is 0 Å². The average Bonchev–Trinajstić information content (AvgIpc) is 2.43. The second-order valence-electron chi connectivity index (χ2n) is 4.49. The molecule has 0 radical (unpaired) electrons. The molecule has 0 N–H and O–H groups in total. The summed E-state index contributed by atoms with van der Waals surface area (Å²) < 4.78 is 180. The molecule has 0 aliphatic carbocycles. The molecule has 18 heteroatoms. The lowest BCUT2D eigenvalue weighted by molar-refractivity contribution is -0.0438. The molecule has 1 rings (SSSR count). The van der Waals surface area contributed by atoms with Crippen molar-refractivity contribution in [3.05, 3.63) is 18.2 Å². The first kappa shape index (κ1) is 23.5. The summed E-state index contributed by atoms with van der Waals surface area (Å²) in [6.45, 7) is 0. The van der Waals surface area contributed by atoms with E-state index in [1.807, 2.05) is 0 Å². The highest BCUT2D eigenvalue weighted by atomic mass is 32.2. The Bertz CT molecular complexity index is 909. The average molecular weight is 474 g/mol. The molecule has 0 heterocycles. The van der Waals surface area contributed by atoms with Crippen molar-refractivity contribution in [2.24, 2.45) is 0 Å². The molecule has 0 aromatic heterocycles. The van der Waals surface area contributed by atoms with Gasteiger partial charge in [-0.2, -0.15) is 39.5 Å². The van der Waals surface area contributed by atoms with Crippen molar-refractivity contribution in [1.82, 2.24) is 0 Å². The molecule has 0 fully saturated rings. The van der Waals surface area contributed by atoms with Crippen LogP contribution in [0.2, 0.25) is 0 Å². The van der Waals surface area contributed by atoms with Crippen LogP contribution in [-0.2, 0) is 29.5 Å². The van der Waals surface area contributed by atoms with Crippen molar-refractivity contribution in [3.8, 4) is 0 Å². The van der Waals surface area contributed by atoms with Crippen molar-refractivity contribution < 1.29 is 64.8 Å². The third-order valence-corrected chi connectivity index (χ3v) is 7.10. The Morgan fingerprint density at radius 1 is 0.444 bits per heavy atom. The molecule has 0 saturated heterocycles. The molecule has 0 saturated carbocycles. The van der Waals surface area contributed by atoms with Gasteiger partial charge in [0.1, 0.15) is 0 Å². The Balaban J connectivity index is 4.08. The molecule has 6 nitrogen and oxygen atoms in total. The molecule has 0 amide bonds. The maximum Gasteiger partial charge on any atom is 0.501 e. The van der Waals surface area contributed by atoms with Gasteiger partial charge in [-0.1, -0.05) is 0 Å². The highest BCUT2D eigenvalue weighted by Gasteiger charge is 2.53. The van der Waals surface area contributed by atoms with Gasteiger partial charge in [0.15, 0.2) is 0 Å². The molecule has 1 aromatic rings. The second kappa shape index (κ2) is 6.23. The molecular weight excluding hydrogens is 471 g/mol. The van der Waals surface area contributed by atoms with Crippen LogP contribution in [0.25, 0.3) is 0 Å². The zero-order valence-electron chi connectivity index (χ0n) is 11.8. The number of sulfone groups is 3. The summed E-state index contributed by atoms with van der Waals surface area (Å²) >= 11 is 0. The van der Waals surface area contributed by atoms with Gasteiger partial charge in [0.2, 0.25) is 0 Å². The Morgan fingerprint density at radius 3 is 0.704 bits per heavy atom. The number of hydrogen-bond acceptors (Lipinski definition) is 6. The predicted octanol–water partition coefficient (Wildman–Crippen LogP) is 2.57. The zero-order valence-corrected chi connectivity index (χ0v) is 14.3. The van der Waals surface area contributed by atoms with E-state index in [1.165, 1.54) is 0 Å². The van der Waals surface area contributed by atoms with Crippen LogP contribution in [-0.4, -0.2) is 41.8 Å². The number of hydrogen-bond donors (Lipinski definition) is 0. The van der Waals surface area contributed by atoms with Gasteiger partial charge in [0.25, 0.3) is 29.5 Å². The fourth-order valence-corrected chi connectivity index (χ4v) is 4.13. The van der Waals surface area contributed by atoms with Crippen LogP contribution in [0.4, 0.5) is 39.5 Å². The summed E-state index contributed by atoms with van der Waals surface area (Å²) in [6, 6.07) is -2.25. The molecular formula is C9H3F9O6S3. The first-order chi connectivity index (χ1) is 11.6. The topological polar surface area (TPSA) is 102 Å². The lowest BCUT2D eigenvalue weighted by Crippen LogP contribution is -2.28. The Morgan fingerprint density at radius 2 is 0.593 bits per heavy atom. The first-order valence-electron chi connectivity index (χ1n) is 5.66. The van der Waals surface area contributed by atoms with Crippen LogP contribution >= 0.6 is 0 Å². The van der Waals surface area contributed by atoms with Crippen LogP contribution in [0, 0.1) is 0 Å². The van der Waals surface area contributed by atoms with Crippen LogP contribution in [0.15, 0.2) is 32.9 Å². The van der Waals surface area contributed by atoms with Crippen LogP contribution in [0.5, 0.6) is 0 Å². The number of halogens is 9. The highest BCUT2D eigenvalue weighted by Crippen LogP contribution is 2.39. The first-order valence-corrected chi connectivity index (χ1v) is 10.1. The summed E-state index contributed by atoms with van der Waals surface area (Å²) in [5.41, 5.74) is -18.9. The van der Waals surface area contributed by atoms with Crippen LogP contribution in [0.1, 0.15) is 0 Å². The Hall–Kier alpha value is -1.56. The summed E-state index contributed by atoms with van der Waals surface area (Å²) in [5, 5.41) is 0. The molecule has 1 aromatic carbocycles. The molecule has 0 unspecified atom stereocenters. The molecule has 27 heavy (non-hydrogen) atoms. The minimum Gasteiger partial charge on any atom is -0.214 e. The van der Waals surface area contributed by atoms with E-state index in [0.29, 0.717) is 0 Å². The van der Waals surface area contributed by atoms with Gasteiger partial charge in [0.05, 0.1) is 14.7 Å². The van der Waals surface area contributed by atoms with E-state index in [0.717, 1.165) is 0 Å². The molecule has 0 aliphatic rings. The van der Waals surface area contributed by atoms with Gasteiger partial charge in [-0.05, 0) is 18.2 Å². The predicted molar refractivity (Wildman–Crippen MR) is 66.2 cm³/mol. The molecule has 0 atom stereocenters. The van der Waals surface area contributed by atoms with Gasteiger partial charge in [-0.25, -0.2) is 25.3 Å². The normalized spacial score (nSPS) is 15.0. The molecule has 0 spiro atoms. The summed E-state index contributed by atoms with van der Waals surface area (Å²) in [6.07, 6.45) is 0. The van der Waals surface area contributed by atoms with E-state index in [2.05, 4.69) is 0 Å². The molecule has 0 aliphatic heterocycles. The minimum absolute atomic E-state index is 0.749. The van der Waals surface area contributed by atoms with Crippen molar-refractivity contribution in [3.63, 3.8) is 0 Å². The quantitative estimate of drug-likeness (QED) is 0.625. The second-order valence-corrected chi connectivity index (χ2v) is 10.3. The van der Waals surface area contributed by atoms with E-state index >= 15 is 0 Å². The Kier molecular flexibility index (Phi) is 5.41. The van der Waals surface area contributed by atoms with Crippen LogP contribution in [0.3, 0.4) is 0 Å². The maximum atomic E-state index is 12.5. The highest BCUT2D eigenvalue weighted by molar-refractivity contribution is 7.94. The smallest absolute Gasteiger partial charge is 0.214 e. The lowest BCUT2D eigenvalue weighted by Gasteiger charge is -2.15. The monoisotopic (exact) mass is 474 g/mol. The number of rotatable bonds is 3. The maximum absolute atomic E-state index is 12.5. The van der Waals surface area contributed by atoms with Gasteiger partial charge in [-0.3, -0.25) is 0 Å². The summed E-state index contributed by atoms with van der Waals surface area (Å²) in [5.74, 6) is 0. The van der Waals surface area contributed by atoms with Gasteiger partial charge < -0.3 is 0 Å². The van der Waals surface area contributed by atoms with E-state index in [-0.39, 0.29) is 0 Å². The standard InChI is InChI=1S/C9H3F9O6S3/c10-7(11,12)25(19,20)4-1-5(26(21,22)8(13,14)15)3-6(2-4)27(23,24)9(16,17)18/h1-3H. The molecule has 156 valence electrons. The number of benzene rings is 1. The SMILES string of the molecule is O=S(=O)(c1cc(S(=O)(=O)C(F)(F)F)cc(S(=O)(=O)C(F)(F)F)c1)C(F)(F)F. The van der Waals surface area contributed by atoms with Gasteiger partial charge >= 0.3 is 16.5 Å². The molecule has 0 bridgehead atoms. The van der Waals surface area contributed by atoms with Crippen molar-refractivity contribution in [2.45, 2.75) is 31.2 Å². The summed E-state index contributed by atoms with van der Waals surface area (Å²) in [7, 11) is -20.1. The third kappa shape index (κ3) is 4.00. The van der Waals surface area contributed by atoms with Gasteiger partial charge in [0, 0.05) is 0 Å². The van der Waals surface area contributed by atoms with Crippen LogP contribution < -0.4 is 0 Å².